The van der Waals surface area contributed by atoms with Crippen molar-refractivity contribution in [3.63, 3.8) is 0 Å². The molecule has 0 aromatic heterocycles. The molecule has 0 aliphatic carbocycles. The van der Waals surface area contributed by atoms with Crippen molar-refractivity contribution < 1.29 is 26.3 Å². The van der Waals surface area contributed by atoms with Crippen molar-refractivity contribution in [2.24, 2.45) is 11.7 Å². The van der Waals surface area contributed by atoms with E-state index in [0.717, 1.165) is 6.54 Å². The molecular formula is C14H28IN2O-. The Kier molecular flexibility index (Phi) is 12.2. The van der Waals surface area contributed by atoms with Gasteiger partial charge in [0.05, 0.1) is 0 Å². The summed E-state index contributed by atoms with van der Waals surface area (Å²) in [5, 5.41) is 11.8. The average Bonchev–Trinajstić information content (AvgIpc) is 2.36. The summed E-state index contributed by atoms with van der Waals surface area (Å²) in [7, 11) is 0. The van der Waals surface area contributed by atoms with E-state index in [1.807, 2.05) is 6.08 Å². The zero-order valence-electron chi connectivity index (χ0n) is 11.7. The molecule has 0 aliphatic heterocycles. The van der Waals surface area contributed by atoms with E-state index >= 15 is 0 Å². The summed E-state index contributed by atoms with van der Waals surface area (Å²) >= 11 is 0.101. The number of aliphatic hydroxyl groups excluding tert-OH is 1. The van der Waals surface area contributed by atoms with E-state index in [0.29, 0.717) is 5.92 Å². The van der Waals surface area contributed by atoms with Crippen molar-refractivity contribution in [1.29, 1.82) is 0 Å². The number of hydrogen-bond donors (Lipinski definition) is 3. The van der Waals surface area contributed by atoms with Crippen LogP contribution in [0.3, 0.4) is 0 Å². The van der Waals surface area contributed by atoms with Crippen molar-refractivity contribution >= 4 is 0 Å². The zero-order chi connectivity index (χ0) is 13.8. The number of nitrogens with one attached hydrogen (secondary N) is 1. The summed E-state index contributed by atoms with van der Waals surface area (Å²) in [4.78, 5) is 0. The van der Waals surface area contributed by atoms with Crippen LogP contribution in [-0.2, 0) is 0 Å². The number of allylic oxidation sites excluding steroid dienone is 2. The van der Waals surface area contributed by atoms with Crippen LogP contribution in [0.25, 0.3) is 0 Å². The molecular weight excluding hydrogens is 339 g/mol. The van der Waals surface area contributed by atoms with Gasteiger partial charge in [-0.25, -0.2) is 0 Å². The van der Waals surface area contributed by atoms with Crippen LogP contribution in [0.15, 0.2) is 22.3 Å². The summed E-state index contributed by atoms with van der Waals surface area (Å²) in [6.45, 7) is 8.82. The SMILES string of the molecule is C=C[C@H](C)CCCCC[I-]/C(=C\C)CN[C@@H](N)O. The van der Waals surface area contributed by atoms with E-state index in [2.05, 4.69) is 31.8 Å². The van der Waals surface area contributed by atoms with Gasteiger partial charge < -0.3 is 0 Å². The van der Waals surface area contributed by atoms with Crippen molar-refractivity contribution in [3.8, 4) is 0 Å². The fourth-order valence-corrected chi connectivity index (χ4v) is 4.02. The van der Waals surface area contributed by atoms with E-state index in [1.165, 1.54) is 33.7 Å². The van der Waals surface area contributed by atoms with Crippen LogP contribution < -0.4 is 32.3 Å². The first-order valence-corrected chi connectivity index (χ1v) is 9.24. The predicted octanol–water partition coefficient (Wildman–Crippen LogP) is -0.814. The number of nitrogens with two attached hydrogens (primary N) is 1. The first-order chi connectivity index (χ1) is 8.60. The van der Waals surface area contributed by atoms with Gasteiger partial charge in [0, 0.05) is 0 Å². The molecule has 3 nitrogen and oxygen atoms in total. The summed E-state index contributed by atoms with van der Waals surface area (Å²) in [6, 6.07) is 0. The van der Waals surface area contributed by atoms with Gasteiger partial charge in [-0.15, -0.1) is 0 Å². The van der Waals surface area contributed by atoms with E-state index < -0.39 is 6.35 Å². The third-order valence-electron chi connectivity index (χ3n) is 2.75. The minimum atomic E-state index is -0.899. The normalized spacial score (nSPS) is 15.7. The van der Waals surface area contributed by atoms with Gasteiger partial charge in [0.25, 0.3) is 0 Å². The third-order valence-corrected chi connectivity index (χ3v) is 6.04. The van der Waals surface area contributed by atoms with Crippen molar-refractivity contribution in [2.75, 3.05) is 11.0 Å². The molecule has 0 rings (SSSR count). The predicted molar refractivity (Wildman–Crippen MR) is 74.6 cm³/mol. The number of alkyl halides is 1. The molecule has 0 aromatic rings. The van der Waals surface area contributed by atoms with E-state index in [-0.39, 0.29) is 21.2 Å². The van der Waals surface area contributed by atoms with Gasteiger partial charge in [0.2, 0.25) is 0 Å². The first kappa shape index (κ1) is 18.1. The van der Waals surface area contributed by atoms with Gasteiger partial charge in [-0.05, 0) is 0 Å². The maximum atomic E-state index is 8.96. The number of aliphatic hydroxyl groups is 1. The van der Waals surface area contributed by atoms with Crippen LogP contribution in [0.5, 0.6) is 0 Å². The van der Waals surface area contributed by atoms with Gasteiger partial charge >= 0.3 is 122 Å². The van der Waals surface area contributed by atoms with Crippen LogP contribution in [0.2, 0.25) is 0 Å². The molecule has 18 heavy (non-hydrogen) atoms. The quantitative estimate of drug-likeness (QED) is 0.147. The van der Waals surface area contributed by atoms with Crippen molar-refractivity contribution in [2.45, 2.75) is 45.9 Å². The average molecular weight is 367 g/mol. The summed E-state index contributed by atoms with van der Waals surface area (Å²) in [6.07, 6.45) is 8.50. The summed E-state index contributed by atoms with van der Waals surface area (Å²) in [5.41, 5.74) is 5.25. The molecule has 0 bridgehead atoms. The topological polar surface area (TPSA) is 58.3 Å². The molecule has 108 valence electrons. The summed E-state index contributed by atoms with van der Waals surface area (Å²) in [5.74, 6) is 0.654. The van der Waals surface area contributed by atoms with Gasteiger partial charge in [-0.3, -0.25) is 0 Å². The molecule has 0 heterocycles. The van der Waals surface area contributed by atoms with E-state index in [4.69, 9.17) is 10.8 Å². The van der Waals surface area contributed by atoms with Crippen LogP contribution in [0.1, 0.15) is 39.5 Å². The number of unbranched alkanes of at least 4 members (excludes halogenated alkanes) is 2. The maximum absolute atomic E-state index is 8.96. The Morgan fingerprint density at radius 1 is 1.44 bits per heavy atom. The van der Waals surface area contributed by atoms with Gasteiger partial charge in [0.15, 0.2) is 0 Å². The Bertz CT molecular complexity index is 242. The molecule has 0 saturated heterocycles. The van der Waals surface area contributed by atoms with Crippen LogP contribution in [0.4, 0.5) is 0 Å². The standard InChI is InChI=1S/C14H28IN2O/c1-4-12(3)9-7-6-8-10-15-13(5-2)11-17-14(16)18/h4-5,12,14,17-18H,1,6-11,16H2,2-3H3/q-1/b13-5-/t12-,14+/m0/s1. The fraction of sp³-hybridized carbons (Fsp3) is 0.714. The molecule has 0 spiro atoms. The second-order valence-corrected chi connectivity index (χ2v) is 7.67. The molecule has 0 amide bonds. The molecule has 0 aliphatic rings. The van der Waals surface area contributed by atoms with Gasteiger partial charge in [-0.2, -0.15) is 0 Å². The Labute approximate surface area is 122 Å². The molecule has 2 atom stereocenters. The molecule has 4 heteroatoms. The molecule has 4 N–H and O–H groups in total. The first-order valence-electron chi connectivity index (χ1n) is 6.64. The fourth-order valence-electron chi connectivity index (χ4n) is 1.47. The van der Waals surface area contributed by atoms with E-state index in [1.54, 1.807) is 0 Å². The van der Waals surface area contributed by atoms with Crippen LogP contribution >= 0.6 is 0 Å². The van der Waals surface area contributed by atoms with Gasteiger partial charge in [0.1, 0.15) is 0 Å². The van der Waals surface area contributed by atoms with Crippen molar-refractivity contribution in [1.82, 2.24) is 5.32 Å². The Hall–Kier alpha value is 0.0900. The molecule has 0 unspecified atom stereocenters. The van der Waals surface area contributed by atoms with Crippen molar-refractivity contribution in [3.05, 3.63) is 22.3 Å². The Balaban J connectivity index is 3.48. The second kappa shape index (κ2) is 12.1. The molecule has 0 radical (unpaired) electrons. The number of halogens is 1. The second-order valence-electron chi connectivity index (χ2n) is 4.45. The molecule has 0 fully saturated rings. The van der Waals surface area contributed by atoms with Crippen LogP contribution in [0, 0.1) is 5.92 Å². The monoisotopic (exact) mass is 367 g/mol. The molecule has 0 aromatic carbocycles. The van der Waals surface area contributed by atoms with Gasteiger partial charge in [-0.1, -0.05) is 0 Å². The number of rotatable bonds is 11. The summed E-state index contributed by atoms with van der Waals surface area (Å²) < 4.78 is 2.75. The zero-order valence-corrected chi connectivity index (χ0v) is 13.8. The minimum absolute atomic E-state index is 0.101. The molecule has 0 saturated carbocycles. The number of hydrogen-bond acceptors (Lipinski definition) is 3. The van der Waals surface area contributed by atoms with Crippen LogP contribution in [-0.4, -0.2) is 22.4 Å². The Morgan fingerprint density at radius 3 is 2.72 bits per heavy atom. The Morgan fingerprint density at radius 2 is 2.17 bits per heavy atom. The van der Waals surface area contributed by atoms with E-state index in [9.17, 15) is 0 Å². The third kappa shape index (κ3) is 11.2.